The first-order chi connectivity index (χ1) is 31.6. The second kappa shape index (κ2) is 22.1. The van der Waals surface area contributed by atoms with E-state index >= 15 is 0 Å². The minimum Gasteiger partial charge on any atom is -0.479 e. The van der Waals surface area contributed by atoms with Crippen molar-refractivity contribution in [1.82, 2.24) is 19.8 Å². The van der Waals surface area contributed by atoms with Gasteiger partial charge in [-0.1, -0.05) is 54.6 Å². The SMILES string of the molecule is CCOC(=O)C(C)(C)N1CCC(N(Cc2ccc(-c3ccc(OC(F)(F)F)cc3)cc2)C(=O)Cc2cccc3nc(CCc4ccc(F)cc4F)[nH]c(=O)c23)CC1.O=C(O)C(O)C(O)C(=O)O. The van der Waals surface area contributed by atoms with Crippen LogP contribution in [0.5, 0.6) is 5.75 Å². The van der Waals surface area contributed by atoms with Crippen LogP contribution in [0.1, 0.15) is 56.1 Å². The lowest BCUT2D eigenvalue weighted by Gasteiger charge is -2.44. The predicted octanol–water partition coefficient (Wildman–Crippen LogP) is 5.81. The molecular formula is C47H49F5N4O11. The summed E-state index contributed by atoms with van der Waals surface area (Å²) < 4.78 is 74.9. The van der Waals surface area contributed by atoms with E-state index in [0.29, 0.717) is 48.4 Å². The van der Waals surface area contributed by atoms with Crippen LogP contribution in [0.15, 0.2) is 89.7 Å². The van der Waals surface area contributed by atoms with Crippen LogP contribution in [-0.4, -0.2) is 114 Å². The molecule has 0 aliphatic carbocycles. The monoisotopic (exact) mass is 940 g/mol. The van der Waals surface area contributed by atoms with Crippen LogP contribution < -0.4 is 10.3 Å². The van der Waals surface area contributed by atoms with Gasteiger partial charge in [0.05, 0.1) is 23.9 Å². The van der Waals surface area contributed by atoms with Gasteiger partial charge < -0.3 is 39.8 Å². The van der Waals surface area contributed by atoms with Crippen molar-refractivity contribution in [2.24, 2.45) is 0 Å². The maximum atomic E-state index is 14.4. The summed E-state index contributed by atoms with van der Waals surface area (Å²) in [5.41, 5.74) is 2.12. The average Bonchev–Trinajstić information content (AvgIpc) is 3.27. The van der Waals surface area contributed by atoms with E-state index in [1.165, 1.54) is 36.4 Å². The quantitative estimate of drug-likeness (QED) is 0.0584. The molecular weight excluding hydrogens is 892 g/mol. The summed E-state index contributed by atoms with van der Waals surface area (Å²) in [5.74, 6) is -5.43. The second-order valence-electron chi connectivity index (χ2n) is 16.1. The highest BCUT2D eigenvalue weighted by Gasteiger charge is 2.40. The number of likely N-dealkylation sites (tertiary alicyclic amines) is 1. The second-order valence-corrected chi connectivity index (χ2v) is 16.1. The zero-order chi connectivity index (χ0) is 49.2. The van der Waals surface area contributed by atoms with Gasteiger partial charge in [0.2, 0.25) is 5.91 Å². The number of carbonyl (C=O) groups excluding carboxylic acids is 2. The van der Waals surface area contributed by atoms with Crippen LogP contribution >= 0.6 is 0 Å². The molecule has 1 amide bonds. The molecule has 2 unspecified atom stereocenters. The lowest BCUT2D eigenvalue weighted by molar-refractivity contribution is -0.274. The van der Waals surface area contributed by atoms with Crippen molar-refractivity contribution in [3.05, 3.63) is 129 Å². The highest BCUT2D eigenvalue weighted by Crippen LogP contribution is 2.30. The van der Waals surface area contributed by atoms with Crippen molar-refractivity contribution in [3.63, 3.8) is 0 Å². The van der Waals surface area contributed by atoms with Gasteiger partial charge >= 0.3 is 24.3 Å². The van der Waals surface area contributed by atoms with Crippen molar-refractivity contribution >= 4 is 34.7 Å². The minimum atomic E-state index is -4.79. The normalized spacial score (nSPS) is 14.4. The Morgan fingerprint density at radius 3 is 2.00 bits per heavy atom. The molecule has 1 aliphatic heterocycles. The van der Waals surface area contributed by atoms with Crippen molar-refractivity contribution in [2.45, 2.75) is 89.6 Å². The molecule has 2 heterocycles. The number of hydrogen-bond acceptors (Lipinski definition) is 11. The van der Waals surface area contributed by atoms with Gasteiger partial charge in [0, 0.05) is 38.2 Å². The number of nitrogens with zero attached hydrogens (tertiary/aromatic N) is 3. The predicted molar refractivity (Wildman–Crippen MR) is 232 cm³/mol. The van der Waals surface area contributed by atoms with Crippen molar-refractivity contribution in [3.8, 4) is 16.9 Å². The number of piperidine rings is 1. The number of benzene rings is 4. The zero-order valence-electron chi connectivity index (χ0n) is 36.6. The first-order valence-corrected chi connectivity index (χ1v) is 21.0. The smallest absolute Gasteiger partial charge is 0.479 e. The first kappa shape index (κ1) is 51.2. The van der Waals surface area contributed by atoms with E-state index in [-0.39, 0.29) is 67.0 Å². The van der Waals surface area contributed by atoms with Crippen LogP contribution in [0.3, 0.4) is 0 Å². The molecule has 67 heavy (non-hydrogen) atoms. The fourth-order valence-electron chi connectivity index (χ4n) is 7.53. The van der Waals surface area contributed by atoms with E-state index in [2.05, 4.69) is 19.6 Å². The van der Waals surface area contributed by atoms with Crippen LogP contribution in [0, 0.1) is 11.6 Å². The number of aromatic amines is 1. The van der Waals surface area contributed by atoms with E-state index in [1.54, 1.807) is 30.0 Å². The number of ether oxygens (including phenoxy) is 2. The molecule has 0 spiro atoms. The van der Waals surface area contributed by atoms with Gasteiger partial charge in [-0.25, -0.2) is 23.4 Å². The summed E-state index contributed by atoms with van der Waals surface area (Å²) in [6, 6.07) is 21.2. The number of carboxylic acids is 2. The molecule has 2 atom stereocenters. The summed E-state index contributed by atoms with van der Waals surface area (Å²) in [7, 11) is 0. The van der Waals surface area contributed by atoms with Crippen LogP contribution in [0.4, 0.5) is 22.0 Å². The number of aliphatic carboxylic acids is 2. The number of hydrogen-bond donors (Lipinski definition) is 5. The van der Waals surface area contributed by atoms with Crippen LogP contribution in [0.2, 0.25) is 0 Å². The molecule has 0 bridgehead atoms. The number of aliphatic hydroxyl groups is 2. The molecule has 6 rings (SSSR count). The Kier molecular flexibility index (Phi) is 16.9. The number of aliphatic hydroxyl groups excluding tert-OH is 2. The van der Waals surface area contributed by atoms with E-state index in [9.17, 15) is 45.9 Å². The molecule has 1 fully saturated rings. The number of aryl methyl sites for hydroxylation is 2. The third-order valence-electron chi connectivity index (χ3n) is 11.2. The number of alkyl halides is 3. The number of amides is 1. The largest absolute Gasteiger partial charge is 0.573 e. The summed E-state index contributed by atoms with van der Waals surface area (Å²) >= 11 is 0. The van der Waals surface area contributed by atoms with E-state index in [1.807, 2.05) is 38.1 Å². The summed E-state index contributed by atoms with van der Waals surface area (Å²) in [5, 5.41) is 32.8. The number of esters is 1. The molecule has 0 saturated carbocycles. The number of fused-ring (bicyclic) bond motifs is 1. The Labute approximate surface area is 380 Å². The molecule has 20 heteroatoms. The Morgan fingerprint density at radius 2 is 1.45 bits per heavy atom. The minimum absolute atomic E-state index is 0.0960. The number of aromatic nitrogens is 2. The molecule has 358 valence electrons. The summed E-state index contributed by atoms with van der Waals surface area (Å²) in [4.78, 5) is 71.5. The Balaban J connectivity index is 0.000000752. The topological polar surface area (TPSA) is 220 Å². The molecule has 5 aromatic rings. The van der Waals surface area contributed by atoms with E-state index < -0.39 is 53.2 Å². The van der Waals surface area contributed by atoms with Crippen molar-refractivity contribution < 1.29 is 71.0 Å². The van der Waals surface area contributed by atoms with Gasteiger partial charge in [0.1, 0.15) is 28.7 Å². The Morgan fingerprint density at radius 1 is 0.851 bits per heavy atom. The standard InChI is InChI=1S/C43H43F5N4O5.C4H6O6/c1-4-56-41(55)42(2,3)51-22-20-33(21-23-51)52(26-27-8-10-28(11-9-27)29-13-17-34(18-14-29)57-43(46,47)48)38(53)24-31-6-5-7-36-39(31)40(54)50-37(49-36)19-15-30-12-16-32(44)25-35(30)45;5-1(3(7)8)2(6)4(9)10/h5-14,16-18,25,33H,4,15,19-24,26H2,1-3H3,(H,49,50,54);1-2,5-6H,(H,7,8)(H,9,10). The fraction of sp³-hybridized carbons (Fsp3) is 0.362. The van der Waals surface area contributed by atoms with Gasteiger partial charge in [-0.3, -0.25) is 19.3 Å². The lowest BCUT2D eigenvalue weighted by atomic mass is 9.94. The van der Waals surface area contributed by atoms with Crippen LogP contribution in [-0.2, 0) is 49.7 Å². The molecule has 0 radical (unpaired) electrons. The lowest BCUT2D eigenvalue weighted by Crippen LogP contribution is -2.56. The molecule has 5 N–H and O–H groups in total. The Bertz CT molecular complexity index is 2580. The summed E-state index contributed by atoms with van der Waals surface area (Å²) in [6.45, 7) is 6.99. The van der Waals surface area contributed by atoms with Gasteiger partial charge in [-0.2, -0.15) is 0 Å². The maximum absolute atomic E-state index is 14.4. The summed E-state index contributed by atoms with van der Waals surface area (Å²) in [6.07, 6.45) is -7.87. The van der Waals surface area contributed by atoms with Crippen LogP contribution in [0.25, 0.3) is 22.0 Å². The number of carbonyl (C=O) groups is 4. The van der Waals surface area contributed by atoms with Gasteiger partial charge in [0.15, 0.2) is 12.2 Å². The first-order valence-electron chi connectivity index (χ1n) is 21.0. The Hall–Kier alpha value is -6.77. The molecule has 15 nitrogen and oxygen atoms in total. The maximum Gasteiger partial charge on any atom is 0.573 e. The number of H-pyrrole nitrogens is 1. The van der Waals surface area contributed by atoms with Crippen molar-refractivity contribution in [1.29, 1.82) is 0 Å². The highest BCUT2D eigenvalue weighted by molar-refractivity contribution is 5.88. The number of nitrogens with one attached hydrogen (secondary N) is 1. The third kappa shape index (κ3) is 13.6. The molecule has 1 aromatic heterocycles. The van der Waals surface area contributed by atoms with Gasteiger partial charge in [0.25, 0.3) is 5.56 Å². The highest BCUT2D eigenvalue weighted by atomic mass is 19.4. The fourth-order valence-corrected chi connectivity index (χ4v) is 7.53. The average molecular weight is 941 g/mol. The van der Waals surface area contributed by atoms with Gasteiger partial charge in [-0.15, -0.1) is 13.2 Å². The zero-order valence-corrected chi connectivity index (χ0v) is 36.6. The van der Waals surface area contributed by atoms with Crippen molar-refractivity contribution in [2.75, 3.05) is 19.7 Å². The van der Waals surface area contributed by atoms with E-state index in [4.69, 9.17) is 25.2 Å². The van der Waals surface area contributed by atoms with E-state index in [0.717, 1.165) is 17.2 Å². The number of halogens is 5. The third-order valence-corrected chi connectivity index (χ3v) is 11.2. The molecule has 4 aromatic carbocycles. The number of carboxylic acid groups (broad SMARTS) is 2. The molecule has 1 aliphatic rings. The number of rotatable bonds is 16. The molecule has 1 saturated heterocycles. The van der Waals surface area contributed by atoms with Gasteiger partial charge in [-0.05, 0) is 92.1 Å².